The number of hydrogen-bond acceptors (Lipinski definition) is 5. The first-order chi connectivity index (χ1) is 13.5. The molecule has 2 heterocycles. The molecule has 1 amide bonds. The molecule has 0 bridgehead atoms. The van der Waals surface area contributed by atoms with E-state index in [-0.39, 0.29) is 11.7 Å². The van der Waals surface area contributed by atoms with Gasteiger partial charge >= 0.3 is 0 Å². The smallest absolute Gasteiger partial charge is 0.242 e. The maximum Gasteiger partial charge on any atom is 0.242 e. The van der Waals surface area contributed by atoms with Crippen molar-refractivity contribution in [2.45, 2.75) is 32.2 Å². The second-order valence-electron chi connectivity index (χ2n) is 7.74. The van der Waals surface area contributed by atoms with Gasteiger partial charge in [0.25, 0.3) is 0 Å². The fourth-order valence-electron chi connectivity index (χ4n) is 3.89. The van der Waals surface area contributed by atoms with E-state index in [1.54, 1.807) is 12.1 Å². The Balaban J connectivity index is 1.53. The van der Waals surface area contributed by atoms with Crippen molar-refractivity contribution in [1.82, 2.24) is 14.9 Å². The molecule has 7 heteroatoms. The summed E-state index contributed by atoms with van der Waals surface area (Å²) in [6.45, 7) is 2.20. The van der Waals surface area contributed by atoms with Crippen LogP contribution in [0.5, 0.6) is 0 Å². The Bertz CT molecular complexity index is 868. The minimum absolute atomic E-state index is 0.0742. The van der Waals surface area contributed by atoms with E-state index in [1.165, 1.54) is 17.7 Å². The van der Waals surface area contributed by atoms with Crippen molar-refractivity contribution in [3.63, 3.8) is 0 Å². The molecule has 0 atom stereocenters. The molecular formula is C21H26FN5O. The number of carbonyl (C=O) groups excluding carboxylic acids is 1. The Kier molecular flexibility index (Phi) is 5.15. The number of piperazine rings is 1. The van der Waals surface area contributed by atoms with Gasteiger partial charge in [0.15, 0.2) is 0 Å². The van der Waals surface area contributed by atoms with Crippen molar-refractivity contribution >= 4 is 17.7 Å². The summed E-state index contributed by atoms with van der Waals surface area (Å²) in [6.07, 6.45) is 4.25. The molecule has 1 fully saturated rings. The third-order valence-corrected chi connectivity index (χ3v) is 5.45. The molecule has 1 saturated heterocycles. The minimum atomic E-state index is -0.259. The van der Waals surface area contributed by atoms with Crippen molar-refractivity contribution in [3.05, 3.63) is 46.9 Å². The number of rotatable bonds is 4. The van der Waals surface area contributed by atoms with Crippen LogP contribution in [-0.4, -0.2) is 54.5 Å². The summed E-state index contributed by atoms with van der Waals surface area (Å²) < 4.78 is 13.1. The number of aryl methyl sites for hydroxylation is 1. The van der Waals surface area contributed by atoms with Gasteiger partial charge in [-0.1, -0.05) is 12.1 Å². The second kappa shape index (κ2) is 7.73. The number of amides is 1. The van der Waals surface area contributed by atoms with Gasteiger partial charge in [0.05, 0.1) is 12.2 Å². The van der Waals surface area contributed by atoms with E-state index in [0.29, 0.717) is 25.6 Å². The van der Waals surface area contributed by atoms with Crippen LogP contribution in [0, 0.1) is 5.82 Å². The SMILES string of the molecule is CN(C)c1nc2c(c(N3CCN(Cc4ccc(F)cc4)C(=O)C3)n1)CCCC2. The molecule has 1 aromatic carbocycles. The minimum Gasteiger partial charge on any atom is -0.347 e. The van der Waals surface area contributed by atoms with Crippen molar-refractivity contribution in [3.8, 4) is 0 Å². The van der Waals surface area contributed by atoms with E-state index in [2.05, 4.69) is 4.90 Å². The van der Waals surface area contributed by atoms with Gasteiger partial charge in [-0.3, -0.25) is 4.79 Å². The number of benzene rings is 1. The van der Waals surface area contributed by atoms with Gasteiger partial charge in [0.2, 0.25) is 11.9 Å². The quantitative estimate of drug-likeness (QED) is 0.812. The van der Waals surface area contributed by atoms with E-state index in [4.69, 9.17) is 9.97 Å². The monoisotopic (exact) mass is 383 g/mol. The number of nitrogens with zero attached hydrogens (tertiary/aromatic N) is 5. The molecule has 0 radical (unpaired) electrons. The van der Waals surface area contributed by atoms with Crippen LogP contribution in [0.25, 0.3) is 0 Å². The number of halogens is 1. The molecule has 6 nitrogen and oxygen atoms in total. The average molecular weight is 383 g/mol. The Morgan fingerprint density at radius 1 is 1.07 bits per heavy atom. The second-order valence-corrected chi connectivity index (χ2v) is 7.74. The van der Waals surface area contributed by atoms with Crippen LogP contribution in [0.3, 0.4) is 0 Å². The van der Waals surface area contributed by atoms with Crippen LogP contribution in [0.2, 0.25) is 0 Å². The number of fused-ring (bicyclic) bond motifs is 1. The molecule has 28 heavy (non-hydrogen) atoms. The molecule has 1 aromatic heterocycles. The maximum absolute atomic E-state index is 13.1. The zero-order chi connectivity index (χ0) is 19.7. The van der Waals surface area contributed by atoms with E-state index in [0.717, 1.165) is 49.3 Å². The van der Waals surface area contributed by atoms with Crippen molar-refractivity contribution in [2.24, 2.45) is 0 Å². The highest BCUT2D eigenvalue weighted by Gasteiger charge is 2.29. The zero-order valence-electron chi connectivity index (χ0n) is 16.5. The summed E-state index contributed by atoms with van der Waals surface area (Å²) in [6, 6.07) is 6.34. The Labute approximate surface area is 165 Å². The van der Waals surface area contributed by atoms with Crippen LogP contribution in [0.4, 0.5) is 16.2 Å². The molecule has 1 aliphatic carbocycles. The number of anilines is 2. The molecular weight excluding hydrogens is 357 g/mol. The van der Waals surface area contributed by atoms with Crippen molar-refractivity contribution in [1.29, 1.82) is 0 Å². The molecule has 0 N–H and O–H groups in total. The molecule has 0 saturated carbocycles. The lowest BCUT2D eigenvalue weighted by molar-refractivity contribution is -0.131. The summed E-state index contributed by atoms with van der Waals surface area (Å²) >= 11 is 0. The number of hydrogen-bond donors (Lipinski definition) is 0. The predicted octanol–water partition coefficient (Wildman–Crippen LogP) is 2.41. The van der Waals surface area contributed by atoms with Crippen LogP contribution >= 0.6 is 0 Å². The predicted molar refractivity (Wildman–Crippen MR) is 107 cm³/mol. The van der Waals surface area contributed by atoms with Crippen LogP contribution in [0.1, 0.15) is 29.7 Å². The fraction of sp³-hybridized carbons (Fsp3) is 0.476. The van der Waals surface area contributed by atoms with Crippen molar-refractivity contribution in [2.75, 3.05) is 43.5 Å². The van der Waals surface area contributed by atoms with Crippen LogP contribution < -0.4 is 9.80 Å². The normalized spacial score (nSPS) is 16.9. The topological polar surface area (TPSA) is 52.6 Å². The molecule has 0 spiro atoms. The largest absolute Gasteiger partial charge is 0.347 e. The third kappa shape index (κ3) is 3.79. The fourth-order valence-corrected chi connectivity index (χ4v) is 3.89. The molecule has 0 unspecified atom stereocenters. The third-order valence-electron chi connectivity index (χ3n) is 5.45. The average Bonchev–Trinajstić information content (AvgIpc) is 2.70. The summed E-state index contributed by atoms with van der Waals surface area (Å²) in [7, 11) is 3.89. The van der Waals surface area contributed by atoms with Gasteiger partial charge in [-0.2, -0.15) is 4.98 Å². The lowest BCUT2D eigenvalue weighted by Gasteiger charge is -2.36. The Morgan fingerprint density at radius 2 is 1.82 bits per heavy atom. The van der Waals surface area contributed by atoms with E-state index in [9.17, 15) is 9.18 Å². The maximum atomic E-state index is 13.1. The number of aromatic nitrogens is 2. The van der Waals surface area contributed by atoms with Gasteiger partial charge in [0.1, 0.15) is 11.6 Å². The van der Waals surface area contributed by atoms with Crippen LogP contribution in [0.15, 0.2) is 24.3 Å². The molecule has 2 aromatic rings. The Morgan fingerprint density at radius 3 is 2.54 bits per heavy atom. The van der Waals surface area contributed by atoms with Gasteiger partial charge in [-0.25, -0.2) is 9.37 Å². The van der Waals surface area contributed by atoms with Crippen LogP contribution in [-0.2, 0) is 24.2 Å². The first kappa shape index (κ1) is 18.7. The lowest BCUT2D eigenvalue weighted by atomic mass is 9.96. The van der Waals surface area contributed by atoms with Gasteiger partial charge in [0, 0.05) is 39.3 Å². The zero-order valence-corrected chi connectivity index (χ0v) is 16.5. The molecule has 1 aliphatic heterocycles. The van der Waals surface area contributed by atoms with Gasteiger partial charge in [-0.15, -0.1) is 0 Å². The van der Waals surface area contributed by atoms with E-state index >= 15 is 0 Å². The highest BCUT2D eigenvalue weighted by Crippen LogP contribution is 2.30. The van der Waals surface area contributed by atoms with Gasteiger partial charge in [-0.05, 0) is 43.4 Å². The summed E-state index contributed by atoms with van der Waals surface area (Å²) in [5, 5.41) is 0. The summed E-state index contributed by atoms with van der Waals surface area (Å²) in [4.78, 5) is 28.2. The van der Waals surface area contributed by atoms with Crippen molar-refractivity contribution < 1.29 is 9.18 Å². The molecule has 4 rings (SSSR count). The number of carbonyl (C=O) groups is 1. The highest BCUT2D eigenvalue weighted by molar-refractivity contribution is 5.83. The standard InChI is InChI=1S/C21H26FN5O/c1-25(2)21-23-18-6-4-3-5-17(18)20(24-21)27-12-11-26(19(28)14-27)13-15-7-9-16(22)10-8-15/h7-10H,3-6,11-14H2,1-2H3. The van der Waals surface area contributed by atoms with Gasteiger partial charge < -0.3 is 14.7 Å². The Hall–Kier alpha value is -2.70. The summed E-state index contributed by atoms with van der Waals surface area (Å²) in [5.41, 5.74) is 3.27. The molecule has 2 aliphatic rings. The first-order valence-electron chi connectivity index (χ1n) is 9.85. The van der Waals surface area contributed by atoms with E-state index in [1.807, 2.05) is 23.9 Å². The first-order valence-corrected chi connectivity index (χ1v) is 9.85. The lowest BCUT2D eigenvalue weighted by Crippen LogP contribution is -2.50. The summed E-state index contributed by atoms with van der Waals surface area (Å²) in [5.74, 6) is 1.44. The molecule has 148 valence electrons. The highest BCUT2D eigenvalue weighted by atomic mass is 19.1. The van der Waals surface area contributed by atoms with E-state index < -0.39 is 0 Å².